The molecule has 0 spiro atoms. The number of primary amides is 1. The van der Waals surface area contributed by atoms with Gasteiger partial charge in [-0.1, -0.05) is 0 Å². The van der Waals surface area contributed by atoms with Crippen LogP contribution in [-0.2, 0) is 13.0 Å². The molecule has 1 amide bonds. The predicted molar refractivity (Wildman–Crippen MR) is 90.5 cm³/mol. The van der Waals surface area contributed by atoms with Crippen LogP contribution in [0.5, 0.6) is 0 Å². The number of carbonyl (C=O) groups is 1. The first kappa shape index (κ1) is 16.4. The molecule has 0 unspecified atom stereocenters. The van der Waals surface area contributed by atoms with Crippen LogP contribution in [-0.4, -0.2) is 32.2 Å². The molecular weight excluding hydrogens is 342 g/mol. The van der Waals surface area contributed by atoms with Crippen molar-refractivity contribution in [2.45, 2.75) is 19.4 Å². The molecule has 0 fully saturated rings. The fourth-order valence-electron chi connectivity index (χ4n) is 3.22. The van der Waals surface area contributed by atoms with Crippen molar-refractivity contribution in [1.82, 2.24) is 19.7 Å². The van der Waals surface area contributed by atoms with Gasteiger partial charge in [-0.2, -0.15) is 5.10 Å². The summed E-state index contributed by atoms with van der Waals surface area (Å²) in [6, 6.07) is 2.06. The standard InChI is InChI=1S/C17H16F2N6O/c18-11-3-13-14(4-12(11)19)24-16(7-21-13)22-5-9-1-2-15-10(17(20)26)6-23-25(15)8-9/h3-4,6-7,9H,1-2,5,8H2,(H2,20,26)(H,22,24)/t9-/m0/s1. The van der Waals surface area contributed by atoms with Crippen LogP contribution < -0.4 is 11.1 Å². The van der Waals surface area contributed by atoms with Gasteiger partial charge in [0, 0.05) is 25.2 Å². The molecule has 4 rings (SSSR count). The monoisotopic (exact) mass is 358 g/mol. The van der Waals surface area contributed by atoms with Gasteiger partial charge in [-0.05, 0) is 18.8 Å². The van der Waals surface area contributed by atoms with Gasteiger partial charge in [-0.25, -0.2) is 13.8 Å². The Kier molecular flexibility index (Phi) is 3.98. The second-order valence-corrected chi connectivity index (χ2v) is 6.35. The van der Waals surface area contributed by atoms with Gasteiger partial charge in [0.15, 0.2) is 11.6 Å². The van der Waals surface area contributed by atoms with Gasteiger partial charge in [0.05, 0.1) is 34.7 Å². The Balaban J connectivity index is 1.45. The van der Waals surface area contributed by atoms with Gasteiger partial charge in [0.25, 0.3) is 5.91 Å². The number of halogens is 2. The number of nitrogens with two attached hydrogens (primary N) is 1. The van der Waals surface area contributed by atoms with Gasteiger partial charge < -0.3 is 11.1 Å². The minimum atomic E-state index is -0.951. The number of hydrogen-bond donors (Lipinski definition) is 2. The van der Waals surface area contributed by atoms with Crippen molar-refractivity contribution < 1.29 is 13.6 Å². The molecule has 1 aromatic carbocycles. The Hall–Kier alpha value is -3.10. The Morgan fingerprint density at radius 1 is 1.27 bits per heavy atom. The highest BCUT2D eigenvalue weighted by Gasteiger charge is 2.23. The summed E-state index contributed by atoms with van der Waals surface area (Å²) in [6.07, 6.45) is 4.60. The fourth-order valence-corrected chi connectivity index (χ4v) is 3.22. The molecule has 0 radical (unpaired) electrons. The van der Waals surface area contributed by atoms with Gasteiger partial charge in [-0.3, -0.25) is 14.5 Å². The molecule has 0 saturated heterocycles. The van der Waals surface area contributed by atoms with E-state index in [4.69, 9.17) is 5.73 Å². The number of nitrogens with one attached hydrogen (secondary N) is 1. The molecule has 7 nitrogen and oxygen atoms in total. The van der Waals surface area contributed by atoms with Crippen LogP contribution in [0.15, 0.2) is 24.5 Å². The molecule has 9 heteroatoms. The van der Waals surface area contributed by atoms with Gasteiger partial charge in [0.1, 0.15) is 5.82 Å². The molecule has 3 aromatic rings. The third-order valence-corrected chi connectivity index (χ3v) is 4.59. The van der Waals surface area contributed by atoms with E-state index in [9.17, 15) is 13.6 Å². The van der Waals surface area contributed by atoms with E-state index in [-0.39, 0.29) is 11.4 Å². The van der Waals surface area contributed by atoms with Gasteiger partial charge in [-0.15, -0.1) is 0 Å². The van der Waals surface area contributed by atoms with Gasteiger partial charge >= 0.3 is 0 Å². The van der Waals surface area contributed by atoms with Crippen LogP contribution in [0.3, 0.4) is 0 Å². The quantitative estimate of drug-likeness (QED) is 0.742. The molecule has 26 heavy (non-hydrogen) atoms. The Morgan fingerprint density at radius 3 is 2.81 bits per heavy atom. The Labute approximate surface area is 147 Å². The van der Waals surface area contributed by atoms with E-state index in [1.165, 1.54) is 12.4 Å². The van der Waals surface area contributed by atoms with E-state index in [1.54, 1.807) is 4.68 Å². The number of carbonyl (C=O) groups excluding carboxylic acids is 1. The topological polar surface area (TPSA) is 98.7 Å². The van der Waals surface area contributed by atoms with Crippen molar-refractivity contribution in [1.29, 1.82) is 0 Å². The molecule has 134 valence electrons. The van der Waals surface area contributed by atoms with Crippen molar-refractivity contribution in [2.24, 2.45) is 11.7 Å². The highest BCUT2D eigenvalue weighted by atomic mass is 19.2. The number of fused-ring (bicyclic) bond motifs is 2. The fraction of sp³-hybridized carbons (Fsp3) is 0.294. The number of amides is 1. The van der Waals surface area contributed by atoms with Crippen LogP contribution in [0.1, 0.15) is 22.5 Å². The molecule has 0 bridgehead atoms. The number of rotatable bonds is 4. The molecule has 3 heterocycles. The first-order valence-electron chi connectivity index (χ1n) is 8.21. The predicted octanol–water partition coefficient (Wildman–Crippen LogP) is 1.88. The van der Waals surface area contributed by atoms with Crippen LogP contribution in [0.2, 0.25) is 0 Å². The summed E-state index contributed by atoms with van der Waals surface area (Å²) in [5.74, 6) is -1.58. The minimum Gasteiger partial charge on any atom is -0.368 e. The number of benzene rings is 1. The third-order valence-electron chi connectivity index (χ3n) is 4.59. The Morgan fingerprint density at radius 2 is 2.04 bits per heavy atom. The normalized spacial score (nSPS) is 16.5. The zero-order valence-electron chi connectivity index (χ0n) is 13.7. The van der Waals surface area contributed by atoms with Crippen molar-refractivity contribution in [2.75, 3.05) is 11.9 Å². The maximum absolute atomic E-state index is 13.4. The zero-order chi connectivity index (χ0) is 18.3. The second kappa shape index (κ2) is 6.32. The van der Waals surface area contributed by atoms with E-state index in [1.807, 2.05) is 0 Å². The smallest absolute Gasteiger partial charge is 0.252 e. The average Bonchev–Trinajstić information content (AvgIpc) is 3.04. The van der Waals surface area contributed by atoms with Crippen molar-refractivity contribution in [3.05, 3.63) is 47.4 Å². The SMILES string of the molecule is NC(=O)c1cnn2c1CC[C@@H](CNc1cnc3cc(F)c(F)cc3n1)C2. The molecule has 3 N–H and O–H groups in total. The maximum Gasteiger partial charge on any atom is 0.252 e. The lowest BCUT2D eigenvalue weighted by Gasteiger charge is -2.24. The lowest BCUT2D eigenvalue weighted by molar-refractivity contribution is 0.0998. The third kappa shape index (κ3) is 2.96. The summed E-state index contributed by atoms with van der Waals surface area (Å²) in [6.45, 7) is 1.28. The average molecular weight is 358 g/mol. The lowest BCUT2D eigenvalue weighted by atomic mass is 9.96. The van der Waals surface area contributed by atoms with Crippen LogP contribution in [0, 0.1) is 17.6 Å². The molecule has 0 aliphatic carbocycles. The van der Waals surface area contributed by atoms with Crippen LogP contribution in [0.25, 0.3) is 11.0 Å². The van der Waals surface area contributed by atoms with E-state index in [0.29, 0.717) is 30.0 Å². The van der Waals surface area contributed by atoms with E-state index in [0.717, 1.165) is 30.7 Å². The molecule has 1 aliphatic rings. The highest BCUT2D eigenvalue weighted by molar-refractivity contribution is 5.93. The summed E-state index contributed by atoms with van der Waals surface area (Å²) in [7, 11) is 0. The zero-order valence-corrected chi connectivity index (χ0v) is 13.7. The largest absolute Gasteiger partial charge is 0.368 e. The van der Waals surface area contributed by atoms with Crippen molar-refractivity contribution in [3.8, 4) is 0 Å². The van der Waals surface area contributed by atoms with E-state index in [2.05, 4.69) is 20.4 Å². The summed E-state index contributed by atoms with van der Waals surface area (Å²) in [5, 5.41) is 7.40. The molecule has 1 atom stereocenters. The first-order chi connectivity index (χ1) is 12.5. The van der Waals surface area contributed by atoms with Gasteiger partial charge in [0.2, 0.25) is 0 Å². The first-order valence-corrected chi connectivity index (χ1v) is 8.21. The molecule has 2 aromatic heterocycles. The minimum absolute atomic E-state index is 0.283. The van der Waals surface area contributed by atoms with E-state index < -0.39 is 17.5 Å². The van der Waals surface area contributed by atoms with Crippen molar-refractivity contribution in [3.63, 3.8) is 0 Å². The Bertz CT molecular complexity index is 1000. The summed E-state index contributed by atoms with van der Waals surface area (Å²) < 4.78 is 28.4. The van der Waals surface area contributed by atoms with Crippen LogP contribution >= 0.6 is 0 Å². The summed E-state index contributed by atoms with van der Waals surface area (Å²) >= 11 is 0. The van der Waals surface area contributed by atoms with Crippen molar-refractivity contribution >= 4 is 22.8 Å². The number of anilines is 1. The number of hydrogen-bond acceptors (Lipinski definition) is 5. The number of aromatic nitrogens is 4. The second-order valence-electron chi connectivity index (χ2n) is 6.35. The molecular formula is C17H16F2N6O. The summed E-state index contributed by atoms with van der Waals surface area (Å²) in [4.78, 5) is 19.7. The number of nitrogens with zero attached hydrogens (tertiary/aromatic N) is 4. The maximum atomic E-state index is 13.4. The van der Waals surface area contributed by atoms with E-state index >= 15 is 0 Å². The highest BCUT2D eigenvalue weighted by Crippen LogP contribution is 2.23. The summed E-state index contributed by atoms with van der Waals surface area (Å²) in [5.41, 5.74) is 7.29. The van der Waals surface area contributed by atoms with Crippen LogP contribution in [0.4, 0.5) is 14.6 Å². The molecule has 0 saturated carbocycles. The lowest BCUT2D eigenvalue weighted by Crippen LogP contribution is -2.28. The molecule has 1 aliphatic heterocycles.